The molecule has 120 valence electrons. The van der Waals surface area contributed by atoms with E-state index in [2.05, 4.69) is 63.9 Å². The molecule has 0 amide bonds. The molecule has 1 aromatic heterocycles. The normalized spacial score (nSPS) is 24.7. The summed E-state index contributed by atoms with van der Waals surface area (Å²) in [6, 6.07) is 5.86. The van der Waals surface area contributed by atoms with E-state index in [4.69, 9.17) is 0 Å². The van der Waals surface area contributed by atoms with Gasteiger partial charge >= 0.3 is 0 Å². The van der Waals surface area contributed by atoms with E-state index >= 15 is 0 Å². The summed E-state index contributed by atoms with van der Waals surface area (Å²) < 4.78 is 0. The molecule has 2 unspecified atom stereocenters. The van der Waals surface area contributed by atoms with E-state index in [0.29, 0.717) is 23.4 Å². The van der Waals surface area contributed by atoms with Crippen molar-refractivity contribution >= 4 is 11.3 Å². The van der Waals surface area contributed by atoms with Gasteiger partial charge in [-0.15, -0.1) is 11.3 Å². The molecule has 0 saturated carbocycles. The van der Waals surface area contributed by atoms with Crippen molar-refractivity contribution in [1.82, 2.24) is 10.2 Å². The van der Waals surface area contributed by atoms with Gasteiger partial charge in [0.2, 0.25) is 0 Å². The first kappa shape index (κ1) is 17.0. The van der Waals surface area contributed by atoms with E-state index in [-0.39, 0.29) is 0 Å². The molecular formula is C18H32N2S. The van der Waals surface area contributed by atoms with E-state index in [9.17, 15) is 0 Å². The Morgan fingerprint density at radius 1 is 1.29 bits per heavy atom. The lowest BCUT2D eigenvalue weighted by Crippen LogP contribution is -2.61. The van der Waals surface area contributed by atoms with Gasteiger partial charge in [-0.1, -0.05) is 41.5 Å². The Hall–Kier alpha value is -0.380. The first-order valence-electron chi connectivity index (χ1n) is 8.36. The third kappa shape index (κ3) is 4.30. The van der Waals surface area contributed by atoms with Crippen LogP contribution in [0.2, 0.25) is 0 Å². The maximum atomic E-state index is 3.77. The van der Waals surface area contributed by atoms with Crippen LogP contribution >= 0.6 is 11.3 Å². The molecule has 1 aromatic rings. The highest BCUT2D eigenvalue weighted by molar-refractivity contribution is 7.11. The molecule has 2 heterocycles. The molecule has 0 aliphatic carbocycles. The molecule has 2 atom stereocenters. The SMILES string of the molecule is CCc1ccc(CN2CC(C(C)C)NCC2C(C)(C)C)s1. The van der Waals surface area contributed by atoms with Crippen molar-refractivity contribution in [3.63, 3.8) is 0 Å². The van der Waals surface area contributed by atoms with Crippen LogP contribution < -0.4 is 5.32 Å². The molecule has 1 N–H and O–H groups in total. The molecule has 1 aliphatic rings. The van der Waals surface area contributed by atoms with Crippen molar-refractivity contribution in [2.24, 2.45) is 11.3 Å². The Morgan fingerprint density at radius 3 is 2.48 bits per heavy atom. The van der Waals surface area contributed by atoms with E-state index in [1.807, 2.05) is 11.3 Å². The zero-order chi connectivity index (χ0) is 15.6. The van der Waals surface area contributed by atoms with E-state index in [0.717, 1.165) is 19.5 Å². The third-order valence-corrected chi connectivity index (χ3v) is 5.89. The van der Waals surface area contributed by atoms with Crippen LogP contribution in [0.5, 0.6) is 0 Å². The maximum Gasteiger partial charge on any atom is 0.0332 e. The van der Waals surface area contributed by atoms with Gasteiger partial charge in [0.25, 0.3) is 0 Å². The number of rotatable bonds is 4. The second-order valence-electron chi connectivity index (χ2n) is 7.79. The second-order valence-corrected chi connectivity index (χ2v) is 9.04. The van der Waals surface area contributed by atoms with Crippen LogP contribution in [-0.4, -0.2) is 30.1 Å². The highest BCUT2D eigenvalue weighted by atomic mass is 32.1. The first-order valence-corrected chi connectivity index (χ1v) is 9.18. The van der Waals surface area contributed by atoms with E-state index in [1.165, 1.54) is 16.3 Å². The summed E-state index contributed by atoms with van der Waals surface area (Å²) in [5.41, 5.74) is 0.319. The fraction of sp³-hybridized carbons (Fsp3) is 0.778. The van der Waals surface area contributed by atoms with Crippen molar-refractivity contribution in [3.05, 3.63) is 21.9 Å². The lowest BCUT2D eigenvalue weighted by Gasteiger charge is -2.47. The molecular weight excluding hydrogens is 276 g/mol. The van der Waals surface area contributed by atoms with Gasteiger partial charge < -0.3 is 5.32 Å². The highest BCUT2D eigenvalue weighted by Gasteiger charge is 2.36. The van der Waals surface area contributed by atoms with Crippen LogP contribution in [0.1, 0.15) is 51.3 Å². The van der Waals surface area contributed by atoms with Gasteiger partial charge in [-0.3, -0.25) is 4.90 Å². The summed E-state index contributed by atoms with van der Waals surface area (Å²) in [7, 11) is 0. The minimum atomic E-state index is 0.319. The monoisotopic (exact) mass is 308 g/mol. The summed E-state index contributed by atoms with van der Waals surface area (Å²) >= 11 is 1.99. The number of piperazine rings is 1. The van der Waals surface area contributed by atoms with Gasteiger partial charge in [-0.05, 0) is 29.9 Å². The average Bonchev–Trinajstić information content (AvgIpc) is 2.85. The minimum Gasteiger partial charge on any atom is -0.311 e. The Labute approximate surface area is 134 Å². The molecule has 2 nitrogen and oxygen atoms in total. The largest absolute Gasteiger partial charge is 0.311 e. The molecule has 3 heteroatoms. The van der Waals surface area contributed by atoms with Crippen LogP contribution in [0, 0.1) is 11.3 Å². The second kappa shape index (κ2) is 6.80. The number of hydrogen-bond acceptors (Lipinski definition) is 3. The van der Waals surface area contributed by atoms with Crippen molar-refractivity contribution in [1.29, 1.82) is 0 Å². The summed E-state index contributed by atoms with van der Waals surface area (Å²) in [6.07, 6.45) is 1.16. The van der Waals surface area contributed by atoms with Gasteiger partial charge in [-0.2, -0.15) is 0 Å². The lowest BCUT2D eigenvalue weighted by molar-refractivity contribution is 0.0408. The Balaban J connectivity index is 2.12. The fourth-order valence-electron chi connectivity index (χ4n) is 3.21. The van der Waals surface area contributed by atoms with Crippen LogP contribution in [0.25, 0.3) is 0 Å². The van der Waals surface area contributed by atoms with Crippen LogP contribution in [0.3, 0.4) is 0 Å². The Bertz CT molecular complexity index is 444. The molecule has 0 radical (unpaired) electrons. The molecule has 0 bridgehead atoms. The fourth-order valence-corrected chi connectivity index (χ4v) is 4.19. The summed E-state index contributed by atoms with van der Waals surface area (Å²) in [4.78, 5) is 5.74. The quantitative estimate of drug-likeness (QED) is 0.898. The number of nitrogens with zero attached hydrogens (tertiary/aromatic N) is 1. The topological polar surface area (TPSA) is 15.3 Å². The summed E-state index contributed by atoms with van der Waals surface area (Å²) in [6.45, 7) is 17.4. The number of thiophene rings is 1. The Kier molecular flexibility index (Phi) is 5.50. The summed E-state index contributed by atoms with van der Waals surface area (Å²) in [5, 5.41) is 3.77. The predicted octanol–water partition coefficient (Wildman–Crippen LogP) is 4.16. The summed E-state index contributed by atoms with van der Waals surface area (Å²) in [5.74, 6) is 0.697. The van der Waals surface area contributed by atoms with Crippen molar-refractivity contribution in [2.45, 2.75) is 66.6 Å². The van der Waals surface area contributed by atoms with Crippen LogP contribution in [0.15, 0.2) is 12.1 Å². The Morgan fingerprint density at radius 2 is 1.95 bits per heavy atom. The molecule has 0 spiro atoms. The molecule has 21 heavy (non-hydrogen) atoms. The van der Waals surface area contributed by atoms with Gasteiger partial charge in [0.15, 0.2) is 0 Å². The standard InChI is InChI=1S/C18H32N2S/c1-7-14-8-9-15(21-14)11-20-12-16(13(2)3)19-10-17(20)18(4,5)6/h8-9,13,16-17,19H,7,10-12H2,1-6H3. The smallest absolute Gasteiger partial charge is 0.0332 e. The van der Waals surface area contributed by atoms with Gasteiger partial charge in [-0.25, -0.2) is 0 Å². The van der Waals surface area contributed by atoms with Crippen molar-refractivity contribution in [3.8, 4) is 0 Å². The number of nitrogens with one attached hydrogen (secondary N) is 1. The zero-order valence-electron chi connectivity index (χ0n) is 14.6. The van der Waals surface area contributed by atoms with Gasteiger partial charge in [0, 0.05) is 41.5 Å². The van der Waals surface area contributed by atoms with Gasteiger partial charge in [0.05, 0.1) is 0 Å². The highest BCUT2D eigenvalue weighted by Crippen LogP contribution is 2.30. The predicted molar refractivity (Wildman–Crippen MR) is 94.0 cm³/mol. The molecule has 2 rings (SSSR count). The van der Waals surface area contributed by atoms with E-state index < -0.39 is 0 Å². The van der Waals surface area contributed by atoms with E-state index in [1.54, 1.807) is 0 Å². The molecule has 0 aromatic carbocycles. The van der Waals surface area contributed by atoms with Crippen molar-refractivity contribution < 1.29 is 0 Å². The van der Waals surface area contributed by atoms with Crippen molar-refractivity contribution in [2.75, 3.05) is 13.1 Å². The molecule has 1 fully saturated rings. The number of hydrogen-bond donors (Lipinski definition) is 1. The minimum absolute atomic E-state index is 0.319. The van der Waals surface area contributed by atoms with Crippen LogP contribution in [-0.2, 0) is 13.0 Å². The first-order chi connectivity index (χ1) is 9.81. The van der Waals surface area contributed by atoms with Gasteiger partial charge in [0.1, 0.15) is 0 Å². The zero-order valence-corrected chi connectivity index (χ0v) is 15.4. The third-order valence-electron chi connectivity index (χ3n) is 4.67. The number of aryl methyl sites for hydroxylation is 1. The average molecular weight is 309 g/mol. The maximum absolute atomic E-state index is 3.77. The molecule has 1 saturated heterocycles. The lowest BCUT2D eigenvalue weighted by atomic mass is 9.83. The molecule has 1 aliphatic heterocycles. The van der Waals surface area contributed by atoms with Crippen LogP contribution in [0.4, 0.5) is 0 Å².